The largest absolute Gasteiger partial charge is 0.396 e. The van der Waals surface area contributed by atoms with Crippen LogP contribution >= 0.6 is 45.5 Å². The summed E-state index contributed by atoms with van der Waals surface area (Å²) in [6.45, 7) is 0. The molecule has 1 aromatic heterocycles. The van der Waals surface area contributed by atoms with Gasteiger partial charge in [-0.1, -0.05) is 17.7 Å². The Kier molecular flexibility index (Phi) is 2.18. The molecule has 1 nitrogen and oxygen atoms in total. The van der Waals surface area contributed by atoms with Crippen molar-refractivity contribution in [3.63, 3.8) is 0 Å². The average Bonchev–Trinajstić information content (AvgIpc) is 2.41. The van der Waals surface area contributed by atoms with Crippen LogP contribution < -0.4 is 5.73 Å². The minimum absolute atomic E-state index is 0.640. The van der Waals surface area contributed by atoms with Crippen molar-refractivity contribution in [1.29, 1.82) is 0 Å². The number of thiophene rings is 1. The maximum Gasteiger partial charge on any atom is 0.0685 e. The summed E-state index contributed by atoms with van der Waals surface area (Å²) in [4.78, 5) is 0. The lowest BCUT2D eigenvalue weighted by Crippen LogP contribution is -1.85. The van der Waals surface area contributed by atoms with E-state index in [1.165, 1.54) is 8.96 Å². The average molecular weight is 310 g/mol. The van der Waals surface area contributed by atoms with Gasteiger partial charge in [0.25, 0.3) is 0 Å². The van der Waals surface area contributed by atoms with Crippen molar-refractivity contribution in [2.24, 2.45) is 0 Å². The number of benzene rings is 1. The molecule has 62 valence electrons. The van der Waals surface area contributed by atoms with Gasteiger partial charge in [-0.15, -0.1) is 11.3 Å². The molecule has 4 heteroatoms. The van der Waals surface area contributed by atoms with Crippen molar-refractivity contribution in [1.82, 2.24) is 0 Å². The van der Waals surface area contributed by atoms with E-state index in [1.54, 1.807) is 11.3 Å². The number of nitrogen functional groups attached to an aromatic ring is 1. The van der Waals surface area contributed by atoms with Crippen molar-refractivity contribution in [3.8, 4) is 0 Å². The highest BCUT2D eigenvalue weighted by Crippen LogP contribution is 2.35. The molecule has 0 spiro atoms. The van der Waals surface area contributed by atoms with Gasteiger partial charge in [0, 0.05) is 14.3 Å². The first kappa shape index (κ1) is 8.59. The molecule has 12 heavy (non-hydrogen) atoms. The normalized spacial score (nSPS) is 10.8. The topological polar surface area (TPSA) is 26.0 Å². The molecule has 0 aliphatic heterocycles. The van der Waals surface area contributed by atoms with Gasteiger partial charge >= 0.3 is 0 Å². The maximum absolute atomic E-state index is 5.88. The first-order chi connectivity index (χ1) is 5.70. The smallest absolute Gasteiger partial charge is 0.0685 e. The first-order valence-corrected chi connectivity index (χ1v) is 5.64. The van der Waals surface area contributed by atoms with Crippen molar-refractivity contribution < 1.29 is 0 Å². The van der Waals surface area contributed by atoms with Crippen LogP contribution in [0.2, 0.25) is 5.02 Å². The zero-order chi connectivity index (χ0) is 8.72. The molecule has 0 atom stereocenters. The number of rotatable bonds is 0. The molecule has 0 unspecified atom stereocenters. The quantitative estimate of drug-likeness (QED) is 0.582. The van der Waals surface area contributed by atoms with Crippen LogP contribution in [0.4, 0.5) is 5.69 Å². The van der Waals surface area contributed by atoms with E-state index in [2.05, 4.69) is 28.0 Å². The van der Waals surface area contributed by atoms with Gasteiger partial charge in [-0.25, -0.2) is 0 Å². The predicted octanol–water partition coefficient (Wildman–Crippen LogP) is 3.74. The number of anilines is 1. The lowest BCUT2D eigenvalue weighted by Gasteiger charge is -1.98. The molecule has 2 aromatic rings. The molecule has 0 fully saturated rings. The molecule has 0 bridgehead atoms. The minimum Gasteiger partial charge on any atom is -0.396 e. The third kappa shape index (κ3) is 1.20. The Hall–Kier alpha value is -0.0000000000000000833. The Morgan fingerprint density at radius 1 is 1.42 bits per heavy atom. The van der Waals surface area contributed by atoms with E-state index in [-0.39, 0.29) is 0 Å². The number of nitrogens with two attached hydrogens (primary N) is 1. The highest BCUT2D eigenvalue weighted by atomic mass is 127. The van der Waals surface area contributed by atoms with E-state index in [0.717, 1.165) is 4.70 Å². The van der Waals surface area contributed by atoms with Crippen LogP contribution in [0.3, 0.4) is 0 Å². The fraction of sp³-hybridized carbons (Fsp3) is 0. The molecule has 0 amide bonds. The fourth-order valence-electron chi connectivity index (χ4n) is 1.06. The van der Waals surface area contributed by atoms with E-state index in [0.29, 0.717) is 10.7 Å². The van der Waals surface area contributed by atoms with Crippen LogP contribution in [0.25, 0.3) is 10.1 Å². The molecular formula is C8H5ClINS. The Bertz CT molecular complexity index is 438. The summed E-state index contributed by atoms with van der Waals surface area (Å²) in [5.41, 5.74) is 6.50. The van der Waals surface area contributed by atoms with Gasteiger partial charge in [0.15, 0.2) is 0 Å². The van der Waals surface area contributed by atoms with Gasteiger partial charge < -0.3 is 5.73 Å². The molecule has 0 saturated heterocycles. The monoisotopic (exact) mass is 309 g/mol. The van der Waals surface area contributed by atoms with Crippen LogP contribution in [0.1, 0.15) is 0 Å². The highest BCUT2D eigenvalue weighted by molar-refractivity contribution is 14.1. The zero-order valence-electron chi connectivity index (χ0n) is 5.97. The van der Waals surface area contributed by atoms with Crippen LogP contribution in [0.15, 0.2) is 17.5 Å². The summed E-state index contributed by atoms with van der Waals surface area (Å²) < 4.78 is 2.32. The lowest BCUT2D eigenvalue weighted by molar-refractivity contribution is 1.79. The van der Waals surface area contributed by atoms with E-state index in [9.17, 15) is 0 Å². The predicted molar refractivity (Wildman–Crippen MR) is 64.0 cm³/mol. The van der Waals surface area contributed by atoms with Crippen molar-refractivity contribution in [2.45, 2.75) is 0 Å². The SMILES string of the molecule is Nc1c(Cl)ccc2c(I)csc12. The summed E-state index contributed by atoms with van der Waals surface area (Å²) in [7, 11) is 0. The number of hydrogen-bond acceptors (Lipinski definition) is 2. The van der Waals surface area contributed by atoms with Gasteiger partial charge in [-0.05, 0) is 28.7 Å². The molecular weight excluding hydrogens is 305 g/mol. The number of halogens is 2. The fourth-order valence-corrected chi connectivity index (χ4v) is 3.18. The maximum atomic E-state index is 5.88. The lowest BCUT2D eigenvalue weighted by atomic mass is 10.2. The highest BCUT2D eigenvalue weighted by Gasteiger charge is 2.06. The summed E-state index contributed by atoms with van der Waals surface area (Å²) in [6.07, 6.45) is 0. The molecule has 0 aliphatic carbocycles. The van der Waals surface area contributed by atoms with Crippen molar-refractivity contribution in [3.05, 3.63) is 26.1 Å². The Balaban J connectivity index is 2.93. The minimum atomic E-state index is 0.640. The molecule has 0 saturated carbocycles. The Morgan fingerprint density at radius 2 is 2.17 bits per heavy atom. The second-order valence-electron chi connectivity index (χ2n) is 2.42. The van der Waals surface area contributed by atoms with Gasteiger partial charge in [-0.2, -0.15) is 0 Å². The molecule has 2 N–H and O–H groups in total. The molecule has 1 aromatic carbocycles. The summed E-state index contributed by atoms with van der Waals surface area (Å²) in [5.74, 6) is 0. The molecule has 2 rings (SSSR count). The third-order valence-corrected chi connectivity index (χ3v) is 4.35. The molecule has 0 radical (unpaired) electrons. The van der Waals surface area contributed by atoms with Crippen molar-refractivity contribution in [2.75, 3.05) is 5.73 Å². The Morgan fingerprint density at radius 3 is 2.92 bits per heavy atom. The second-order valence-corrected chi connectivity index (χ2v) is 4.87. The van der Waals surface area contributed by atoms with Crippen LogP contribution in [0.5, 0.6) is 0 Å². The summed E-state index contributed by atoms with van der Waals surface area (Å²) >= 11 is 9.81. The van der Waals surface area contributed by atoms with Gasteiger partial charge in [0.1, 0.15) is 0 Å². The Labute approximate surface area is 92.7 Å². The van der Waals surface area contributed by atoms with E-state index in [4.69, 9.17) is 17.3 Å². The van der Waals surface area contributed by atoms with Crippen LogP contribution in [0, 0.1) is 3.57 Å². The number of hydrogen-bond donors (Lipinski definition) is 1. The zero-order valence-corrected chi connectivity index (χ0v) is 9.70. The van der Waals surface area contributed by atoms with Gasteiger partial charge in [-0.3, -0.25) is 0 Å². The summed E-state index contributed by atoms with van der Waals surface area (Å²) in [5, 5.41) is 3.92. The summed E-state index contributed by atoms with van der Waals surface area (Å²) in [6, 6.07) is 3.85. The van der Waals surface area contributed by atoms with E-state index < -0.39 is 0 Å². The standard InChI is InChI=1S/C8H5ClINS/c9-5-2-1-4-6(10)3-12-8(4)7(5)11/h1-3H,11H2. The second kappa shape index (κ2) is 3.05. The van der Waals surface area contributed by atoms with Gasteiger partial charge in [0.05, 0.1) is 15.4 Å². The van der Waals surface area contributed by atoms with Crippen LogP contribution in [-0.2, 0) is 0 Å². The number of fused-ring (bicyclic) bond motifs is 1. The van der Waals surface area contributed by atoms with Crippen molar-refractivity contribution >= 4 is 61.3 Å². The van der Waals surface area contributed by atoms with E-state index in [1.807, 2.05) is 12.1 Å². The molecule has 1 heterocycles. The first-order valence-electron chi connectivity index (χ1n) is 3.31. The van der Waals surface area contributed by atoms with E-state index >= 15 is 0 Å². The van der Waals surface area contributed by atoms with Gasteiger partial charge in [0.2, 0.25) is 0 Å². The molecule has 0 aliphatic rings. The van der Waals surface area contributed by atoms with Crippen LogP contribution in [-0.4, -0.2) is 0 Å². The third-order valence-electron chi connectivity index (χ3n) is 1.68.